The summed E-state index contributed by atoms with van der Waals surface area (Å²) < 4.78 is 9.99. The highest BCUT2D eigenvalue weighted by Crippen LogP contribution is 2.37. The first-order chi connectivity index (χ1) is 24.9. The van der Waals surface area contributed by atoms with Crippen molar-refractivity contribution in [1.82, 2.24) is 0 Å². The number of rotatable bonds is 8. The highest BCUT2D eigenvalue weighted by atomic mass is 16.5. The van der Waals surface area contributed by atoms with Gasteiger partial charge in [-0.25, -0.2) is 0 Å². The summed E-state index contributed by atoms with van der Waals surface area (Å²) in [5.41, 5.74) is -4.13. The van der Waals surface area contributed by atoms with Crippen molar-refractivity contribution in [3.05, 3.63) is 0 Å². The molecular weight excluding hydrogens is 672 g/mol. The van der Waals surface area contributed by atoms with Gasteiger partial charge in [-0.2, -0.15) is 0 Å². The van der Waals surface area contributed by atoms with Crippen LogP contribution in [0.25, 0.3) is 0 Å². The predicted molar refractivity (Wildman–Crippen MR) is 196 cm³/mol. The first-order valence-electron chi connectivity index (χ1n) is 20.1. The first kappa shape index (κ1) is 46.8. The van der Waals surface area contributed by atoms with E-state index in [-0.39, 0.29) is 26.1 Å². The fourth-order valence-corrected chi connectivity index (χ4v) is 7.66. The second kappa shape index (κ2) is 25.7. The molecule has 0 atom stereocenters. The van der Waals surface area contributed by atoms with E-state index in [9.17, 15) is 39.0 Å². The largest absolute Gasteiger partial charge is 0.480 e. The number of aliphatic carboxylic acids is 4. The van der Waals surface area contributed by atoms with Crippen LogP contribution < -0.4 is 0 Å². The Morgan fingerprint density at radius 2 is 0.519 bits per heavy atom. The number of hydrogen-bond donors (Lipinski definition) is 4. The smallest absolute Gasteiger partial charge is 0.323 e. The molecular formula is C40H68O12. The first-order valence-corrected chi connectivity index (χ1v) is 20.1. The fourth-order valence-electron chi connectivity index (χ4n) is 7.66. The van der Waals surface area contributed by atoms with Crippen molar-refractivity contribution in [3.8, 4) is 0 Å². The average Bonchev–Trinajstić information content (AvgIpc) is 3.11. The molecule has 3 aliphatic carbocycles. The third-order valence-corrected chi connectivity index (χ3v) is 11.1. The van der Waals surface area contributed by atoms with Gasteiger partial charge in [0.2, 0.25) is 0 Å². The molecule has 12 heteroatoms. The van der Waals surface area contributed by atoms with Gasteiger partial charge in [0.25, 0.3) is 0 Å². The van der Waals surface area contributed by atoms with Gasteiger partial charge >= 0.3 is 35.8 Å². The molecule has 4 N–H and O–H groups in total. The number of esters is 2. The number of carbonyl (C=O) groups is 6. The minimum absolute atomic E-state index is 0.244. The molecule has 0 bridgehead atoms. The maximum absolute atomic E-state index is 12.0. The summed E-state index contributed by atoms with van der Waals surface area (Å²) in [6, 6.07) is 0. The summed E-state index contributed by atoms with van der Waals surface area (Å²) in [6.45, 7) is 3.92. The van der Waals surface area contributed by atoms with E-state index in [1.165, 1.54) is 19.3 Å². The number of carboxylic acids is 4. The lowest BCUT2D eigenvalue weighted by molar-refractivity contribution is -0.172. The van der Waals surface area contributed by atoms with Gasteiger partial charge in [0.05, 0.1) is 13.2 Å². The van der Waals surface area contributed by atoms with E-state index in [4.69, 9.17) is 19.7 Å². The molecule has 3 saturated carbocycles. The van der Waals surface area contributed by atoms with Crippen molar-refractivity contribution in [2.45, 2.75) is 187 Å². The highest BCUT2D eigenvalue weighted by molar-refractivity contribution is 6.00. The molecule has 0 saturated heterocycles. The number of carboxylic acid groups (broad SMARTS) is 4. The Kier molecular flexibility index (Phi) is 23.2. The van der Waals surface area contributed by atoms with Crippen molar-refractivity contribution in [2.24, 2.45) is 16.2 Å². The Balaban J connectivity index is 0.000000391. The zero-order chi connectivity index (χ0) is 38.9. The van der Waals surface area contributed by atoms with E-state index < -0.39 is 52.1 Å². The van der Waals surface area contributed by atoms with Gasteiger partial charge in [-0.1, -0.05) is 135 Å². The standard InChI is InChI=1S/2C14H24O4.C12H20O4/c2*1-2-18-13(17)14(12(15)16)10-8-6-4-3-5-7-9-11-14;13-10(14)12(11(15)16)8-6-4-2-1-3-5-7-9-12/h2*2-11H2,1H3,(H,15,16);1-9H2,(H,13,14)(H,15,16). The molecule has 3 fully saturated rings. The second-order valence-electron chi connectivity index (χ2n) is 14.8. The summed E-state index contributed by atoms with van der Waals surface area (Å²) >= 11 is 0. The summed E-state index contributed by atoms with van der Waals surface area (Å²) in [7, 11) is 0. The Morgan fingerprint density at radius 3 is 0.692 bits per heavy atom. The molecule has 0 spiro atoms. The molecule has 0 aliphatic heterocycles. The maximum atomic E-state index is 12.0. The Morgan fingerprint density at radius 1 is 0.346 bits per heavy atom. The van der Waals surface area contributed by atoms with E-state index in [0.717, 1.165) is 103 Å². The Labute approximate surface area is 310 Å². The van der Waals surface area contributed by atoms with E-state index in [1.54, 1.807) is 13.8 Å². The van der Waals surface area contributed by atoms with Crippen LogP contribution in [0.3, 0.4) is 0 Å². The van der Waals surface area contributed by atoms with Crippen LogP contribution in [0.2, 0.25) is 0 Å². The average molecular weight is 741 g/mol. The van der Waals surface area contributed by atoms with Crippen LogP contribution in [0.15, 0.2) is 0 Å². The lowest BCUT2D eigenvalue weighted by atomic mass is 9.77. The monoisotopic (exact) mass is 740 g/mol. The summed E-state index contributed by atoms with van der Waals surface area (Å²) in [5, 5.41) is 37.2. The van der Waals surface area contributed by atoms with Crippen molar-refractivity contribution in [1.29, 1.82) is 0 Å². The minimum atomic E-state index is -1.53. The Bertz CT molecular complexity index is 996. The molecule has 3 aliphatic rings. The molecule has 3 rings (SSSR count). The quantitative estimate of drug-likeness (QED) is 0.136. The second-order valence-corrected chi connectivity index (χ2v) is 14.8. The van der Waals surface area contributed by atoms with Gasteiger partial charge < -0.3 is 29.9 Å². The molecule has 300 valence electrons. The predicted octanol–water partition coefficient (Wildman–Crippen LogP) is 8.96. The van der Waals surface area contributed by atoms with Crippen molar-refractivity contribution >= 4 is 35.8 Å². The molecule has 0 aromatic heterocycles. The van der Waals surface area contributed by atoms with Gasteiger partial charge in [-0.3, -0.25) is 28.8 Å². The van der Waals surface area contributed by atoms with E-state index in [2.05, 4.69) is 0 Å². The van der Waals surface area contributed by atoms with Crippen molar-refractivity contribution in [3.63, 3.8) is 0 Å². The maximum Gasteiger partial charge on any atom is 0.323 e. The molecule has 0 radical (unpaired) electrons. The number of ether oxygens (including phenoxy) is 2. The van der Waals surface area contributed by atoms with Crippen LogP contribution in [-0.4, -0.2) is 69.5 Å². The van der Waals surface area contributed by atoms with Crippen LogP contribution in [0.5, 0.6) is 0 Å². The third kappa shape index (κ3) is 15.0. The van der Waals surface area contributed by atoms with Crippen LogP contribution in [0.4, 0.5) is 0 Å². The normalized spacial score (nSPS) is 21.3. The van der Waals surface area contributed by atoms with E-state index >= 15 is 0 Å². The van der Waals surface area contributed by atoms with Gasteiger partial charge in [-0.15, -0.1) is 0 Å². The van der Waals surface area contributed by atoms with Crippen molar-refractivity contribution in [2.75, 3.05) is 13.2 Å². The van der Waals surface area contributed by atoms with Crippen LogP contribution in [0.1, 0.15) is 187 Å². The van der Waals surface area contributed by atoms with Gasteiger partial charge in [0.15, 0.2) is 16.2 Å². The van der Waals surface area contributed by atoms with E-state index in [1.807, 2.05) is 0 Å². The van der Waals surface area contributed by atoms with Crippen molar-refractivity contribution < 1.29 is 58.7 Å². The molecule has 52 heavy (non-hydrogen) atoms. The molecule has 0 aromatic rings. The lowest BCUT2D eigenvalue weighted by Crippen LogP contribution is -2.41. The van der Waals surface area contributed by atoms with Crippen LogP contribution >= 0.6 is 0 Å². The zero-order valence-corrected chi connectivity index (χ0v) is 32.1. The zero-order valence-electron chi connectivity index (χ0n) is 32.1. The highest BCUT2D eigenvalue weighted by Gasteiger charge is 2.48. The topological polar surface area (TPSA) is 202 Å². The Hall–Kier alpha value is -3.18. The minimum Gasteiger partial charge on any atom is -0.480 e. The summed E-state index contributed by atoms with van der Waals surface area (Å²) in [5.74, 6) is -5.44. The van der Waals surface area contributed by atoms with Crippen LogP contribution in [0, 0.1) is 16.2 Å². The third-order valence-electron chi connectivity index (χ3n) is 11.1. The van der Waals surface area contributed by atoms with Gasteiger partial charge in [0, 0.05) is 0 Å². The molecule has 0 unspecified atom stereocenters. The number of hydrogen-bond acceptors (Lipinski definition) is 8. The molecule has 0 amide bonds. The number of carbonyl (C=O) groups excluding carboxylic acids is 2. The molecule has 0 aromatic carbocycles. The fraction of sp³-hybridized carbons (Fsp3) is 0.850. The summed E-state index contributed by atoms with van der Waals surface area (Å²) in [6.07, 6.45) is 23.1. The summed E-state index contributed by atoms with van der Waals surface area (Å²) in [4.78, 5) is 69.6. The van der Waals surface area contributed by atoms with E-state index in [0.29, 0.717) is 38.5 Å². The van der Waals surface area contributed by atoms with Gasteiger partial charge in [-0.05, 0) is 52.4 Å². The van der Waals surface area contributed by atoms with Crippen LogP contribution in [-0.2, 0) is 38.2 Å². The molecule has 0 heterocycles. The molecule has 12 nitrogen and oxygen atoms in total. The SMILES string of the molecule is CCOC(=O)C1(C(=O)O)CCCCCCCCC1.CCOC(=O)C1(C(=O)O)CCCCCCCCC1.O=C(O)C1(C(=O)O)CCCCCCCCC1. The lowest BCUT2D eigenvalue weighted by Gasteiger charge is -2.27. The van der Waals surface area contributed by atoms with Gasteiger partial charge in [0.1, 0.15) is 0 Å².